The number of hydrogen-bond acceptors (Lipinski definition) is 2. The number of benzene rings is 1. The van der Waals surface area contributed by atoms with Gasteiger partial charge in [0, 0.05) is 19.7 Å². The van der Waals surface area contributed by atoms with E-state index < -0.39 is 11.7 Å². The molecule has 2 nitrogen and oxygen atoms in total. The van der Waals surface area contributed by atoms with Crippen LogP contribution in [0.15, 0.2) is 24.3 Å². The fourth-order valence-corrected chi connectivity index (χ4v) is 2.37. The maximum Gasteiger partial charge on any atom is 0.416 e. The minimum atomic E-state index is -4.28. The van der Waals surface area contributed by atoms with Crippen LogP contribution in [0, 0.1) is 5.92 Å². The highest BCUT2D eigenvalue weighted by Crippen LogP contribution is 2.32. The minimum Gasteiger partial charge on any atom is -0.396 e. The van der Waals surface area contributed by atoms with E-state index in [1.165, 1.54) is 12.1 Å². The first-order valence-electron chi connectivity index (χ1n) is 5.99. The number of rotatable bonds is 2. The van der Waals surface area contributed by atoms with E-state index in [9.17, 15) is 13.2 Å². The molecule has 0 spiro atoms. The zero-order valence-electron chi connectivity index (χ0n) is 9.87. The van der Waals surface area contributed by atoms with Gasteiger partial charge in [-0.05, 0) is 36.0 Å². The molecule has 18 heavy (non-hydrogen) atoms. The summed E-state index contributed by atoms with van der Waals surface area (Å²) in [6.45, 7) is 1.64. The Hall–Kier alpha value is -1.07. The summed E-state index contributed by atoms with van der Waals surface area (Å²) in [7, 11) is 0. The van der Waals surface area contributed by atoms with Crippen molar-refractivity contribution in [2.24, 2.45) is 5.92 Å². The molecule has 5 heteroatoms. The zero-order chi connectivity index (χ0) is 13.2. The molecule has 0 radical (unpaired) electrons. The summed E-state index contributed by atoms with van der Waals surface area (Å²) in [4.78, 5) is 0. The van der Waals surface area contributed by atoms with Crippen LogP contribution in [0.3, 0.4) is 0 Å². The second-order valence-corrected chi connectivity index (χ2v) is 4.76. The number of piperidine rings is 1. The predicted molar refractivity (Wildman–Crippen MR) is 62.2 cm³/mol. The number of alkyl halides is 3. The van der Waals surface area contributed by atoms with E-state index in [2.05, 4.69) is 5.32 Å². The van der Waals surface area contributed by atoms with E-state index in [1.54, 1.807) is 0 Å². The fraction of sp³-hybridized carbons (Fsp3) is 0.538. The maximum atomic E-state index is 12.4. The molecule has 1 saturated heterocycles. The second kappa shape index (κ2) is 5.28. The minimum absolute atomic E-state index is 0.115. The molecular weight excluding hydrogens is 243 g/mol. The Bertz CT molecular complexity index is 388. The number of halogens is 3. The monoisotopic (exact) mass is 259 g/mol. The van der Waals surface area contributed by atoms with Crippen LogP contribution in [-0.2, 0) is 6.18 Å². The zero-order valence-corrected chi connectivity index (χ0v) is 9.87. The van der Waals surface area contributed by atoms with Crippen molar-refractivity contribution in [1.29, 1.82) is 0 Å². The average molecular weight is 259 g/mol. The second-order valence-electron chi connectivity index (χ2n) is 4.76. The molecule has 1 fully saturated rings. The van der Waals surface area contributed by atoms with Crippen LogP contribution in [0.4, 0.5) is 13.2 Å². The molecule has 0 aliphatic carbocycles. The Morgan fingerprint density at radius 2 is 1.83 bits per heavy atom. The van der Waals surface area contributed by atoms with Gasteiger partial charge in [0.2, 0.25) is 0 Å². The highest BCUT2D eigenvalue weighted by Gasteiger charge is 2.30. The standard InChI is InChI=1S/C13H16F3NO/c14-13(15,16)12-3-1-10(2-4-12)11-5-9(8-18)6-17-7-11/h1-4,9,11,17-18H,5-8H2. The lowest BCUT2D eigenvalue weighted by molar-refractivity contribution is -0.137. The molecule has 0 aromatic heterocycles. The van der Waals surface area contributed by atoms with Gasteiger partial charge in [0.25, 0.3) is 0 Å². The molecular formula is C13H16F3NO. The summed E-state index contributed by atoms with van der Waals surface area (Å²) in [5, 5.41) is 12.3. The Morgan fingerprint density at radius 1 is 1.17 bits per heavy atom. The summed E-state index contributed by atoms with van der Waals surface area (Å²) in [5.41, 5.74) is 0.280. The van der Waals surface area contributed by atoms with E-state index >= 15 is 0 Å². The van der Waals surface area contributed by atoms with Crippen LogP contribution in [0.25, 0.3) is 0 Å². The Morgan fingerprint density at radius 3 is 2.39 bits per heavy atom. The number of aliphatic hydroxyl groups is 1. The van der Waals surface area contributed by atoms with Gasteiger partial charge in [-0.1, -0.05) is 12.1 Å². The third kappa shape index (κ3) is 3.03. The summed E-state index contributed by atoms with van der Waals surface area (Å²) in [5.74, 6) is 0.365. The largest absolute Gasteiger partial charge is 0.416 e. The Labute approximate surface area is 104 Å². The van der Waals surface area contributed by atoms with Gasteiger partial charge in [0.05, 0.1) is 5.56 Å². The first-order chi connectivity index (χ1) is 8.50. The highest BCUT2D eigenvalue weighted by molar-refractivity contribution is 5.27. The van der Waals surface area contributed by atoms with Gasteiger partial charge in [-0.25, -0.2) is 0 Å². The van der Waals surface area contributed by atoms with Crippen molar-refractivity contribution in [1.82, 2.24) is 5.32 Å². The summed E-state index contributed by atoms with van der Waals surface area (Å²) in [6.07, 6.45) is -3.47. The van der Waals surface area contributed by atoms with Gasteiger partial charge >= 0.3 is 6.18 Å². The van der Waals surface area contributed by atoms with E-state index in [0.29, 0.717) is 0 Å². The summed E-state index contributed by atoms with van der Waals surface area (Å²) >= 11 is 0. The molecule has 100 valence electrons. The number of nitrogens with one attached hydrogen (secondary N) is 1. The molecule has 0 bridgehead atoms. The molecule has 1 aromatic carbocycles. The lowest BCUT2D eigenvalue weighted by atomic mass is 9.85. The van der Waals surface area contributed by atoms with Gasteiger partial charge in [-0.15, -0.1) is 0 Å². The third-order valence-electron chi connectivity index (χ3n) is 3.41. The quantitative estimate of drug-likeness (QED) is 0.854. The third-order valence-corrected chi connectivity index (χ3v) is 3.41. The van der Waals surface area contributed by atoms with Gasteiger partial charge in [0.15, 0.2) is 0 Å². The molecule has 1 aliphatic rings. The van der Waals surface area contributed by atoms with E-state index in [4.69, 9.17) is 5.11 Å². The average Bonchev–Trinajstić information content (AvgIpc) is 2.38. The van der Waals surface area contributed by atoms with Crippen LogP contribution in [-0.4, -0.2) is 24.8 Å². The smallest absolute Gasteiger partial charge is 0.396 e. The van der Waals surface area contributed by atoms with Crippen molar-refractivity contribution in [3.8, 4) is 0 Å². The molecule has 2 atom stereocenters. The van der Waals surface area contributed by atoms with Crippen molar-refractivity contribution in [3.63, 3.8) is 0 Å². The maximum absolute atomic E-state index is 12.4. The van der Waals surface area contributed by atoms with Crippen molar-refractivity contribution >= 4 is 0 Å². The molecule has 1 aliphatic heterocycles. The molecule has 0 amide bonds. The van der Waals surface area contributed by atoms with Gasteiger partial charge in [-0.2, -0.15) is 13.2 Å². The van der Waals surface area contributed by atoms with Crippen LogP contribution >= 0.6 is 0 Å². The van der Waals surface area contributed by atoms with Crippen molar-refractivity contribution < 1.29 is 18.3 Å². The molecule has 0 saturated carbocycles. The predicted octanol–water partition coefficient (Wildman–Crippen LogP) is 2.39. The molecule has 2 rings (SSSR count). The SMILES string of the molecule is OCC1CNCC(c2ccc(C(F)(F)F)cc2)C1. The van der Waals surface area contributed by atoms with Crippen molar-refractivity contribution in [3.05, 3.63) is 35.4 Å². The summed E-state index contributed by atoms with van der Waals surface area (Å²) < 4.78 is 37.3. The van der Waals surface area contributed by atoms with Crippen molar-refractivity contribution in [2.75, 3.05) is 19.7 Å². The molecule has 2 N–H and O–H groups in total. The normalized spacial score (nSPS) is 25.1. The molecule has 1 heterocycles. The van der Waals surface area contributed by atoms with Crippen LogP contribution in [0.5, 0.6) is 0 Å². The van der Waals surface area contributed by atoms with Crippen LogP contribution in [0.1, 0.15) is 23.5 Å². The molecule has 2 unspecified atom stereocenters. The van der Waals surface area contributed by atoms with E-state index in [0.717, 1.165) is 37.2 Å². The summed E-state index contributed by atoms with van der Waals surface area (Å²) in [6, 6.07) is 5.32. The first-order valence-corrected chi connectivity index (χ1v) is 5.99. The van der Waals surface area contributed by atoms with E-state index in [1.807, 2.05) is 0 Å². The molecule has 1 aromatic rings. The number of aliphatic hydroxyl groups excluding tert-OH is 1. The van der Waals surface area contributed by atoms with Crippen molar-refractivity contribution in [2.45, 2.75) is 18.5 Å². The van der Waals surface area contributed by atoms with E-state index in [-0.39, 0.29) is 18.4 Å². The van der Waals surface area contributed by atoms with Gasteiger partial charge < -0.3 is 10.4 Å². The lowest BCUT2D eigenvalue weighted by Crippen LogP contribution is -2.36. The fourth-order valence-electron chi connectivity index (χ4n) is 2.37. The van der Waals surface area contributed by atoms with Crippen LogP contribution < -0.4 is 5.32 Å². The number of hydrogen-bond donors (Lipinski definition) is 2. The topological polar surface area (TPSA) is 32.3 Å². The Kier molecular flexibility index (Phi) is 3.92. The Balaban J connectivity index is 2.09. The van der Waals surface area contributed by atoms with Gasteiger partial charge in [-0.3, -0.25) is 0 Å². The van der Waals surface area contributed by atoms with Crippen LogP contribution in [0.2, 0.25) is 0 Å². The first kappa shape index (κ1) is 13.4. The lowest BCUT2D eigenvalue weighted by Gasteiger charge is -2.29. The highest BCUT2D eigenvalue weighted by atomic mass is 19.4. The van der Waals surface area contributed by atoms with Gasteiger partial charge in [0.1, 0.15) is 0 Å².